The summed E-state index contributed by atoms with van der Waals surface area (Å²) in [6, 6.07) is 9.65. The fourth-order valence-corrected chi connectivity index (χ4v) is 3.10. The third-order valence-electron chi connectivity index (χ3n) is 3.41. The molecule has 0 bridgehead atoms. The first-order valence-corrected chi connectivity index (χ1v) is 9.60. The minimum absolute atomic E-state index is 0.214. The van der Waals surface area contributed by atoms with Gasteiger partial charge in [0.25, 0.3) is 0 Å². The van der Waals surface area contributed by atoms with Crippen LogP contribution >= 0.6 is 11.6 Å². The molecular weight excluding hydrogens is 453 g/mol. The normalized spacial score (nSPS) is 13.1. The van der Waals surface area contributed by atoms with Gasteiger partial charge in [0, 0.05) is 5.56 Å². The molecule has 30 heavy (non-hydrogen) atoms. The Labute approximate surface area is 173 Å². The van der Waals surface area contributed by atoms with Crippen molar-refractivity contribution in [3.8, 4) is 5.75 Å². The molecule has 13 heteroatoms. The average molecular weight is 465 g/mol. The highest BCUT2D eigenvalue weighted by Gasteiger charge is 2.33. The summed E-state index contributed by atoms with van der Waals surface area (Å²) in [5, 5.41) is 9.21. The number of rotatable bonds is 6. The topological polar surface area (TPSA) is 108 Å². The molecule has 8 nitrogen and oxygen atoms in total. The number of sulfonamides is 1. The third kappa shape index (κ3) is 5.70. The van der Waals surface area contributed by atoms with Crippen LogP contribution in [0, 0.1) is 10.1 Å². The van der Waals surface area contributed by atoms with Gasteiger partial charge in [-0.2, -0.15) is 21.6 Å². The van der Waals surface area contributed by atoms with Crippen LogP contribution in [0.2, 0.25) is 5.02 Å². The van der Waals surface area contributed by atoms with E-state index < -0.39 is 48.4 Å². The Kier molecular flexibility index (Phi) is 7.05. The molecule has 0 saturated heterocycles. The molecule has 0 aliphatic carbocycles. The number of ether oxygens (including phenoxy) is 2. The smallest absolute Gasteiger partial charge is 0.416 e. The molecule has 2 rings (SSSR count). The van der Waals surface area contributed by atoms with Crippen LogP contribution in [0.3, 0.4) is 0 Å². The molecule has 2 aromatic carbocycles. The van der Waals surface area contributed by atoms with Gasteiger partial charge in [-0.25, -0.2) is 0 Å². The maximum atomic E-state index is 12.7. The van der Waals surface area contributed by atoms with Gasteiger partial charge in [0.05, 0.1) is 22.6 Å². The number of alkyl halides is 3. The summed E-state index contributed by atoms with van der Waals surface area (Å²) in [5.74, 6) is -0.853. The van der Waals surface area contributed by atoms with Gasteiger partial charge in [0.1, 0.15) is 5.75 Å². The molecule has 0 N–H and O–H groups in total. The lowest BCUT2D eigenvalue weighted by Crippen LogP contribution is -2.15. The molecule has 0 spiro atoms. The molecule has 0 fully saturated rings. The van der Waals surface area contributed by atoms with Crippen molar-refractivity contribution in [2.24, 2.45) is 4.40 Å². The minimum Gasteiger partial charge on any atom is -0.480 e. The lowest BCUT2D eigenvalue weighted by Gasteiger charge is -2.09. The lowest BCUT2D eigenvalue weighted by molar-refractivity contribution is -0.413. The number of nitro groups is 1. The van der Waals surface area contributed by atoms with Crippen molar-refractivity contribution in [2.45, 2.75) is 6.18 Å². The van der Waals surface area contributed by atoms with E-state index in [2.05, 4.69) is 4.40 Å². The van der Waals surface area contributed by atoms with Crippen molar-refractivity contribution in [3.63, 3.8) is 0 Å². The summed E-state index contributed by atoms with van der Waals surface area (Å²) < 4.78 is 75.7. The predicted molar refractivity (Wildman–Crippen MR) is 101 cm³/mol. The van der Waals surface area contributed by atoms with Crippen molar-refractivity contribution in [1.82, 2.24) is 0 Å². The minimum atomic E-state index is -4.92. The second-order valence-corrected chi connectivity index (χ2v) is 7.37. The highest BCUT2D eigenvalue weighted by molar-refractivity contribution is 7.93. The lowest BCUT2D eigenvalue weighted by atomic mass is 10.2. The predicted octanol–water partition coefficient (Wildman–Crippen LogP) is 4.24. The molecule has 0 unspecified atom stereocenters. The van der Waals surface area contributed by atoms with Crippen LogP contribution in [-0.2, 0) is 20.9 Å². The van der Waals surface area contributed by atoms with Gasteiger partial charge < -0.3 is 9.47 Å². The van der Waals surface area contributed by atoms with E-state index in [4.69, 9.17) is 21.1 Å². The summed E-state index contributed by atoms with van der Waals surface area (Å²) >= 11 is 5.68. The second kappa shape index (κ2) is 9.13. The first kappa shape index (κ1) is 23.2. The molecular formula is C17H12ClF3N2O6S. The maximum absolute atomic E-state index is 12.7. The Morgan fingerprint density at radius 3 is 2.33 bits per heavy atom. The van der Waals surface area contributed by atoms with Crippen molar-refractivity contribution >= 4 is 27.5 Å². The Bertz CT molecular complexity index is 1100. The van der Waals surface area contributed by atoms with Gasteiger partial charge >= 0.3 is 21.2 Å². The van der Waals surface area contributed by atoms with Crippen molar-refractivity contribution in [1.29, 1.82) is 0 Å². The standard InChI is InChI=1S/C17H12ClF3N2O6S/c1-28-16(11-5-3-2-4-6-11)22-30(26,27)15(23(24)25)10-29-14-8-7-12(9-13(14)18)17(19,20)21/h2-10H,1H3/b15-10+,22-16-. The Hall–Kier alpha value is -3.12. The largest absolute Gasteiger partial charge is 0.480 e. The second-order valence-electron chi connectivity index (χ2n) is 5.42. The molecule has 0 aliphatic rings. The third-order valence-corrected chi connectivity index (χ3v) is 4.88. The van der Waals surface area contributed by atoms with E-state index in [9.17, 15) is 31.7 Å². The van der Waals surface area contributed by atoms with Crippen LogP contribution in [-0.4, -0.2) is 26.3 Å². The number of benzene rings is 2. The molecule has 0 amide bonds. The number of methoxy groups -OCH3 is 1. The summed E-state index contributed by atoms with van der Waals surface area (Å²) in [4.78, 5) is 9.95. The Morgan fingerprint density at radius 2 is 1.83 bits per heavy atom. The zero-order valence-electron chi connectivity index (χ0n) is 15.0. The summed E-state index contributed by atoms with van der Waals surface area (Å²) in [7, 11) is -3.80. The van der Waals surface area contributed by atoms with E-state index in [-0.39, 0.29) is 11.8 Å². The molecule has 160 valence electrons. The van der Waals surface area contributed by atoms with E-state index in [0.29, 0.717) is 12.1 Å². The zero-order valence-corrected chi connectivity index (χ0v) is 16.5. The summed E-state index contributed by atoms with van der Waals surface area (Å²) in [5.41, 5.74) is -0.846. The first-order chi connectivity index (χ1) is 14.0. The van der Waals surface area contributed by atoms with Crippen LogP contribution in [0.15, 0.2) is 64.2 Å². The molecule has 0 heterocycles. The molecule has 0 atom stereocenters. The van der Waals surface area contributed by atoms with Gasteiger partial charge in [-0.15, -0.1) is 4.40 Å². The number of hydrogen-bond acceptors (Lipinski definition) is 6. The molecule has 0 aromatic heterocycles. The number of halogens is 4. The van der Waals surface area contributed by atoms with E-state index in [1.54, 1.807) is 18.2 Å². The highest BCUT2D eigenvalue weighted by Crippen LogP contribution is 2.35. The quantitative estimate of drug-likeness (QED) is 0.208. The fourth-order valence-electron chi connectivity index (χ4n) is 2.03. The van der Waals surface area contributed by atoms with Gasteiger partial charge in [-0.05, 0) is 30.3 Å². The fraction of sp³-hybridized carbons (Fsp3) is 0.118. The molecule has 0 saturated carbocycles. The Balaban J connectivity index is 2.40. The van der Waals surface area contributed by atoms with E-state index in [1.807, 2.05) is 0 Å². The monoisotopic (exact) mass is 464 g/mol. The SMILES string of the molecule is CO/C(=N\S(=O)(=O)/C(=C/Oc1ccc(C(F)(F)F)cc1Cl)[N+](=O)[O-])c1ccccc1. The van der Waals surface area contributed by atoms with Crippen LogP contribution < -0.4 is 4.74 Å². The number of nitrogens with zero attached hydrogens (tertiary/aromatic N) is 2. The van der Waals surface area contributed by atoms with Gasteiger partial charge in [-0.3, -0.25) is 10.1 Å². The van der Waals surface area contributed by atoms with E-state index in [0.717, 1.165) is 13.2 Å². The van der Waals surface area contributed by atoms with Crippen molar-refractivity contribution in [2.75, 3.05) is 7.11 Å². The van der Waals surface area contributed by atoms with E-state index in [1.165, 1.54) is 12.1 Å². The zero-order chi connectivity index (χ0) is 22.5. The maximum Gasteiger partial charge on any atom is 0.416 e. The van der Waals surface area contributed by atoms with E-state index >= 15 is 0 Å². The molecule has 0 aliphatic heterocycles. The van der Waals surface area contributed by atoms with Gasteiger partial charge in [0.15, 0.2) is 6.26 Å². The molecule has 2 aromatic rings. The van der Waals surface area contributed by atoms with Crippen molar-refractivity contribution in [3.05, 3.63) is 86.1 Å². The average Bonchev–Trinajstić information content (AvgIpc) is 2.66. The van der Waals surface area contributed by atoms with Crippen molar-refractivity contribution < 1.29 is 36.0 Å². The highest BCUT2D eigenvalue weighted by atomic mass is 35.5. The Morgan fingerprint density at radius 1 is 1.20 bits per heavy atom. The first-order valence-electron chi connectivity index (χ1n) is 7.78. The van der Waals surface area contributed by atoms with Gasteiger partial charge in [-0.1, -0.05) is 29.8 Å². The summed E-state index contributed by atoms with van der Waals surface area (Å²) in [6.45, 7) is 0. The van der Waals surface area contributed by atoms with Crippen LogP contribution in [0.4, 0.5) is 13.2 Å². The summed E-state index contributed by atoms with van der Waals surface area (Å²) in [6.07, 6.45) is -4.46. The van der Waals surface area contributed by atoms with Crippen LogP contribution in [0.1, 0.15) is 11.1 Å². The van der Waals surface area contributed by atoms with Crippen LogP contribution in [0.25, 0.3) is 0 Å². The number of hydrogen-bond donors (Lipinski definition) is 0. The van der Waals surface area contributed by atoms with Gasteiger partial charge in [0.2, 0.25) is 5.90 Å². The molecule has 0 radical (unpaired) electrons. The van der Waals surface area contributed by atoms with Crippen LogP contribution in [0.5, 0.6) is 5.75 Å².